The highest BCUT2D eigenvalue weighted by Crippen LogP contribution is 2.30. The monoisotopic (exact) mass is 575 g/mol. The SMILES string of the molecule is CC(=O)Nc1ccc(S(=O)(=O)N2CCC(c3nc4c(nnn4Cc4c(Cl)cccc4Cl)c(=O)[nH]3)CC2)cc1. The number of H-pyrrole nitrogens is 1. The second-order valence-electron chi connectivity index (χ2n) is 8.95. The number of carbonyl (C=O) groups is 1. The molecule has 0 saturated carbocycles. The fourth-order valence-corrected chi connectivity index (χ4v) is 6.44. The zero-order valence-corrected chi connectivity index (χ0v) is 22.5. The summed E-state index contributed by atoms with van der Waals surface area (Å²) in [7, 11) is -3.72. The van der Waals surface area contributed by atoms with Crippen LogP contribution in [0, 0.1) is 0 Å². The molecule has 1 amide bonds. The van der Waals surface area contributed by atoms with Gasteiger partial charge in [0.2, 0.25) is 15.9 Å². The molecule has 198 valence electrons. The lowest BCUT2D eigenvalue weighted by Crippen LogP contribution is -2.38. The van der Waals surface area contributed by atoms with E-state index in [4.69, 9.17) is 23.2 Å². The van der Waals surface area contributed by atoms with Crippen molar-refractivity contribution in [2.75, 3.05) is 18.4 Å². The molecule has 0 aliphatic carbocycles. The molecule has 1 aliphatic rings. The van der Waals surface area contributed by atoms with Crippen LogP contribution in [0.5, 0.6) is 0 Å². The van der Waals surface area contributed by atoms with E-state index in [-0.39, 0.29) is 41.9 Å². The van der Waals surface area contributed by atoms with Crippen LogP contribution in [0.15, 0.2) is 52.2 Å². The normalized spacial score (nSPS) is 15.1. The lowest BCUT2D eigenvalue weighted by atomic mass is 9.97. The third kappa shape index (κ3) is 5.17. The lowest BCUT2D eigenvalue weighted by molar-refractivity contribution is -0.114. The largest absolute Gasteiger partial charge is 0.326 e. The number of rotatable bonds is 6. The molecule has 3 heterocycles. The number of aromatic nitrogens is 5. The van der Waals surface area contributed by atoms with Crippen LogP contribution >= 0.6 is 23.2 Å². The molecule has 0 unspecified atom stereocenters. The first-order chi connectivity index (χ1) is 18.1. The van der Waals surface area contributed by atoms with Gasteiger partial charge in [-0.1, -0.05) is 34.5 Å². The van der Waals surface area contributed by atoms with Gasteiger partial charge in [0.25, 0.3) is 5.56 Å². The Balaban J connectivity index is 1.34. The molecule has 0 radical (unpaired) electrons. The highest BCUT2D eigenvalue weighted by Gasteiger charge is 2.31. The van der Waals surface area contributed by atoms with Gasteiger partial charge < -0.3 is 10.3 Å². The van der Waals surface area contributed by atoms with Crippen molar-refractivity contribution in [2.45, 2.75) is 37.1 Å². The van der Waals surface area contributed by atoms with Crippen LogP contribution in [0.25, 0.3) is 11.2 Å². The number of amides is 1. The first kappa shape index (κ1) is 26.3. The topological polar surface area (TPSA) is 143 Å². The number of nitrogens with zero attached hydrogens (tertiary/aromatic N) is 5. The second-order valence-corrected chi connectivity index (χ2v) is 11.7. The van der Waals surface area contributed by atoms with Gasteiger partial charge in [0.1, 0.15) is 5.82 Å². The van der Waals surface area contributed by atoms with E-state index in [1.165, 1.54) is 28.0 Å². The first-order valence-corrected chi connectivity index (χ1v) is 14.0. The van der Waals surface area contributed by atoms with E-state index in [1.807, 2.05) is 0 Å². The number of nitrogens with one attached hydrogen (secondary N) is 2. The van der Waals surface area contributed by atoms with Gasteiger partial charge in [-0.15, -0.1) is 5.10 Å². The quantitative estimate of drug-likeness (QED) is 0.358. The summed E-state index contributed by atoms with van der Waals surface area (Å²) in [5, 5.41) is 11.6. The number of sulfonamides is 1. The minimum absolute atomic E-state index is 0.0969. The minimum atomic E-state index is -3.72. The molecule has 1 aliphatic heterocycles. The molecule has 2 aromatic carbocycles. The Bertz CT molecular complexity index is 1660. The summed E-state index contributed by atoms with van der Waals surface area (Å²) in [4.78, 5) is 31.5. The molecule has 14 heteroatoms. The molecular formula is C24H23Cl2N7O4S. The molecule has 2 aromatic heterocycles. The predicted octanol–water partition coefficient (Wildman–Crippen LogP) is 3.40. The predicted molar refractivity (Wildman–Crippen MR) is 143 cm³/mol. The van der Waals surface area contributed by atoms with Crippen molar-refractivity contribution in [2.24, 2.45) is 0 Å². The van der Waals surface area contributed by atoms with E-state index in [9.17, 15) is 18.0 Å². The zero-order valence-electron chi connectivity index (χ0n) is 20.2. The summed E-state index contributed by atoms with van der Waals surface area (Å²) in [5.41, 5.74) is 1.13. The van der Waals surface area contributed by atoms with Gasteiger partial charge in [0.05, 0.1) is 11.4 Å². The van der Waals surface area contributed by atoms with Crippen molar-refractivity contribution in [1.82, 2.24) is 29.3 Å². The van der Waals surface area contributed by atoms with E-state index in [0.29, 0.717) is 45.6 Å². The van der Waals surface area contributed by atoms with Crippen LogP contribution in [0.2, 0.25) is 10.0 Å². The minimum Gasteiger partial charge on any atom is -0.326 e. The van der Waals surface area contributed by atoms with Crippen LogP contribution in [0.4, 0.5) is 5.69 Å². The Morgan fingerprint density at radius 1 is 1.11 bits per heavy atom. The Hall–Kier alpha value is -3.32. The van der Waals surface area contributed by atoms with Crippen LogP contribution < -0.4 is 10.9 Å². The number of halogens is 2. The first-order valence-electron chi connectivity index (χ1n) is 11.8. The second kappa shape index (κ2) is 10.4. The maximum Gasteiger partial charge on any atom is 0.281 e. The average Bonchev–Trinajstić information content (AvgIpc) is 3.29. The van der Waals surface area contributed by atoms with Gasteiger partial charge in [0.15, 0.2) is 11.2 Å². The molecular weight excluding hydrogens is 553 g/mol. The molecule has 11 nitrogen and oxygen atoms in total. The van der Waals surface area contributed by atoms with E-state index in [2.05, 4.69) is 25.6 Å². The number of hydrogen-bond donors (Lipinski definition) is 2. The van der Waals surface area contributed by atoms with E-state index >= 15 is 0 Å². The van der Waals surface area contributed by atoms with E-state index in [0.717, 1.165) is 0 Å². The standard InChI is InChI=1S/C24H23Cl2N7O4S/c1-14(34)27-16-5-7-17(8-6-16)38(36,37)32-11-9-15(10-12-32)22-28-23-21(24(35)29-22)30-31-33(23)13-18-19(25)3-2-4-20(18)26/h2-8,15H,9-13H2,1H3,(H,27,34)(H,28,29,35). The average molecular weight is 576 g/mol. The van der Waals surface area contributed by atoms with Crippen molar-refractivity contribution in [1.29, 1.82) is 0 Å². The third-order valence-corrected chi connectivity index (χ3v) is 9.04. The van der Waals surface area contributed by atoms with Crippen LogP contribution in [0.3, 0.4) is 0 Å². The van der Waals surface area contributed by atoms with Gasteiger partial charge in [-0.25, -0.2) is 18.1 Å². The highest BCUT2D eigenvalue weighted by molar-refractivity contribution is 7.89. The molecule has 0 bridgehead atoms. The lowest BCUT2D eigenvalue weighted by Gasteiger charge is -2.30. The number of fused-ring (bicyclic) bond motifs is 1. The van der Waals surface area contributed by atoms with E-state index in [1.54, 1.807) is 30.3 Å². The molecule has 2 N–H and O–H groups in total. The van der Waals surface area contributed by atoms with Crippen LogP contribution in [-0.4, -0.2) is 56.7 Å². The van der Waals surface area contributed by atoms with Gasteiger partial charge in [0, 0.05) is 47.2 Å². The highest BCUT2D eigenvalue weighted by atomic mass is 35.5. The smallest absolute Gasteiger partial charge is 0.281 e. The molecule has 0 atom stereocenters. The molecule has 5 rings (SSSR count). The van der Waals surface area contributed by atoms with Crippen molar-refractivity contribution >= 4 is 56.0 Å². The van der Waals surface area contributed by atoms with Gasteiger partial charge >= 0.3 is 0 Å². The number of benzene rings is 2. The van der Waals surface area contributed by atoms with Crippen LogP contribution in [-0.2, 0) is 21.4 Å². The Morgan fingerprint density at radius 2 is 1.76 bits per heavy atom. The molecule has 1 fully saturated rings. The Kier molecular flexibility index (Phi) is 7.23. The van der Waals surface area contributed by atoms with Crippen molar-refractivity contribution < 1.29 is 13.2 Å². The van der Waals surface area contributed by atoms with Crippen LogP contribution in [0.1, 0.15) is 37.1 Å². The van der Waals surface area contributed by atoms with Crippen molar-refractivity contribution in [3.05, 3.63) is 74.3 Å². The summed E-state index contributed by atoms with van der Waals surface area (Å²) in [6.07, 6.45) is 0.936. The summed E-state index contributed by atoms with van der Waals surface area (Å²) < 4.78 is 29.2. The molecule has 38 heavy (non-hydrogen) atoms. The molecule has 1 saturated heterocycles. The number of piperidine rings is 1. The van der Waals surface area contributed by atoms with Gasteiger partial charge in [-0.3, -0.25) is 9.59 Å². The Labute approximate surface area is 227 Å². The van der Waals surface area contributed by atoms with Gasteiger partial charge in [-0.05, 0) is 49.2 Å². The number of aromatic amines is 1. The maximum absolute atomic E-state index is 13.2. The maximum atomic E-state index is 13.2. The fourth-order valence-electron chi connectivity index (χ4n) is 4.45. The van der Waals surface area contributed by atoms with E-state index < -0.39 is 15.6 Å². The summed E-state index contributed by atoms with van der Waals surface area (Å²) in [6, 6.07) is 11.2. The third-order valence-electron chi connectivity index (χ3n) is 6.41. The zero-order chi connectivity index (χ0) is 27.0. The number of carbonyl (C=O) groups excluding carboxylic acids is 1. The van der Waals surface area contributed by atoms with Gasteiger partial charge in [-0.2, -0.15) is 4.31 Å². The molecule has 4 aromatic rings. The number of anilines is 1. The number of hydrogen-bond acceptors (Lipinski definition) is 7. The Morgan fingerprint density at radius 3 is 2.39 bits per heavy atom. The molecule has 0 spiro atoms. The van der Waals surface area contributed by atoms with Crippen molar-refractivity contribution in [3.8, 4) is 0 Å². The summed E-state index contributed by atoms with van der Waals surface area (Å²) in [6.45, 7) is 2.08. The fraction of sp³-hybridized carbons (Fsp3) is 0.292. The van der Waals surface area contributed by atoms with Crippen molar-refractivity contribution in [3.63, 3.8) is 0 Å². The summed E-state index contributed by atoms with van der Waals surface area (Å²) >= 11 is 12.6. The summed E-state index contributed by atoms with van der Waals surface area (Å²) in [5.74, 6) is 0.0555.